The summed E-state index contributed by atoms with van der Waals surface area (Å²) < 4.78 is 5.70. The number of benzene rings is 1. The lowest BCUT2D eigenvalue weighted by molar-refractivity contribution is -0.139. The number of amides is 6. The number of primary amides is 1. The summed E-state index contributed by atoms with van der Waals surface area (Å²) in [5.74, 6) is -6.55. The van der Waals surface area contributed by atoms with E-state index in [-0.39, 0.29) is 24.3 Å². The van der Waals surface area contributed by atoms with Crippen LogP contribution in [0.3, 0.4) is 0 Å². The van der Waals surface area contributed by atoms with Gasteiger partial charge in [0.2, 0.25) is 11.8 Å². The molecule has 2 heterocycles. The first kappa shape index (κ1) is 25.3. The summed E-state index contributed by atoms with van der Waals surface area (Å²) in [6.45, 7) is 0. The Morgan fingerprint density at radius 2 is 1.83 bits per heavy atom. The van der Waals surface area contributed by atoms with Crippen LogP contribution in [-0.2, 0) is 19.2 Å². The monoisotopic (exact) mass is 647 g/mol. The van der Waals surface area contributed by atoms with Gasteiger partial charge >= 0.3 is 6.03 Å². The summed E-state index contributed by atoms with van der Waals surface area (Å²) in [6, 6.07) is 1.93. The number of carbonyl (C=O) groups excluding carboxylic acids is 5. The van der Waals surface area contributed by atoms with Crippen LogP contribution in [0.2, 0.25) is 0 Å². The zero-order valence-corrected chi connectivity index (χ0v) is 22.6. The summed E-state index contributed by atoms with van der Waals surface area (Å²) in [5.41, 5.74) is 6.29. The molecule has 36 heavy (non-hydrogen) atoms. The molecule has 190 valence electrons. The molecule has 6 atom stereocenters. The fourth-order valence-electron chi connectivity index (χ4n) is 6.25. The average Bonchev–Trinajstić information content (AvgIpc) is 3.16. The second-order valence-electron chi connectivity index (χ2n) is 9.40. The van der Waals surface area contributed by atoms with E-state index in [0.717, 1.165) is 4.90 Å². The molecule has 1 saturated carbocycles. The number of alkyl halides is 2. The van der Waals surface area contributed by atoms with Crippen LogP contribution in [-0.4, -0.2) is 68.5 Å². The number of nitrogens with two attached hydrogens (primary N) is 1. The van der Waals surface area contributed by atoms with Crippen LogP contribution < -0.4 is 10.5 Å². The lowest BCUT2D eigenvalue weighted by atomic mass is 9.56. The van der Waals surface area contributed by atoms with Crippen molar-refractivity contribution in [3.8, 4) is 11.5 Å². The molecule has 2 aliphatic carbocycles. The van der Waals surface area contributed by atoms with Gasteiger partial charge in [-0.2, -0.15) is 4.90 Å². The number of allylic oxidation sites excluding steroid dienone is 2. The smallest absolute Gasteiger partial charge is 0.328 e. The predicted molar refractivity (Wildman–Crippen MR) is 134 cm³/mol. The molecule has 0 aromatic heterocycles. The fourth-order valence-corrected chi connectivity index (χ4v) is 7.90. The molecule has 0 radical (unpaired) electrons. The lowest BCUT2D eigenvalue weighted by Gasteiger charge is -2.50. The standard InChI is InChI=1S/C23H20Cl2IN3O7/c1-28-19(33)22(24)7-11-9(3-4-10-14(11)18(32)29(17(10)31)21(27)35)15(23(22,25)20(28)34)8-5-12(26)16(30)13(6-8)36-2/h3,5-6,10-11,14-15,30H,4,7H2,1-2H3,(H2,27,35)/t10-,11+,14-,15-,22+,23-/m0/s1. The first-order valence-corrected chi connectivity index (χ1v) is 12.8. The van der Waals surface area contributed by atoms with Crippen molar-refractivity contribution in [2.45, 2.75) is 28.5 Å². The molecule has 0 spiro atoms. The number of halogens is 3. The highest BCUT2D eigenvalue weighted by Gasteiger charge is 2.76. The second kappa shape index (κ2) is 8.06. The van der Waals surface area contributed by atoms with Crippen LogP contribution in [0.5, 0.6) is 11.5 Å². The lowest BCUT2D eigenvalue weighted by Crippen LogP contribution is -2.60. The highest BCUT2D eigenvalue weighted by Crippen LogP contribution is 2.65. The SMILES string of the molecule is COc1cc([C@H]2C3=CC[C@@H]4C(=O)N(C(N)=O)C(=O)[C@@H]4[C@@H]3C[C@@]3(Cl)C(=O)N(C)C(=O)[C@@]23Cl)cc(I)c1O. The number of hydrogen-bond donors (Lipinski definition) is 2. The average molecular weight is 648 g/mol. The van der Waals surface area contributed by atoms with Crippen LogP contribution in [0.15, 0.2) is 23.8 Å². The van der Waals surface area contributed by atoms with E-state index in [4.69, 9.17) is 33.7 Å². The maximum absolute atomic E-state index is 13.5. The van der Waals surface area contributed by atoms with Gasteiger partial charge in [-0.15, -0.1) is 23.2 Å². The molecule has 0 unspecified atom stereocenters. The van der Waals surface area contributed by atoms with Crippen molar-refractivity contribution < 1.29 is 33.8 Å². The molecule has 10 nitrogen and oxygen atoms in total. The Labute approximate surface area is 228 Å². The number of nitrogens with zero attached hydrogens (tertiary/aromatic N) is 2. The van der Waals surface area contributed by atoms with Gasteiger partial charge in [-0.3, -0.25) is 24.1 Å². The number of hydrogen-bond acceptors (Lipinski definition) is 7. The summed E-state index contributed by atoms with van der Waals surface area (Å²) in [6.07, 6.45) is 1.64. The molecule has 2 saturated heterocycles. The first-order valence-electron chi connectivity index (χ1n) is 10.9. The van der Waals surface area contributed by atoms with E-state index < -0.39 is 63.1 Å². The van der Waals surface area contributed by atoms with Crippen LogP contribution in [0.1, 0.15) is 24.3 Å². The number of phenolic OH excluding ortho intramolecular Hbond substituents is 1. The normalized spacial score (nSPS) is 35.4. The van der Waals surface area contributed by atoms with Gasteiger partial charge in [0.1, 0.15) is 0 Å². The number of phenols is 1. The molecule has 5 rings (SSSR count). The van der Waals surface area contributed by atoms with Gasteiger partial charge in [-0.1, -0.05) is 11.6 Å². The third-order valence-corrected chi connectivity index (χ3v) is 10.1. The minimum absolute atomic E-state index is 0.105. The molecule has 13 heteroatoms. The molecular formula is C23H20Cl2IN3O7. The zero-order chi connectivity index (χ0) is 26.5. The van der Waals surface area contributed by atoms with E-state index >= 15 is 0 Å². The number of rotatable bonds is 2. The zero-order valence-electron chi connectivity index (χ0n) is 19.0. The minimum Gasteiger partial charge on any atom is -0.504 e. The largest absolute Gasteiger partial charge is 0.504 e. The van der Waals surface area contributed by atoms with Crippen molar-refractivity contribution >= 4 is 75.5 Å². The van der Waals surface area contributed by atoms with Crippen molar-refractivity contribution in [3.63, 3.8) is 0 Å². The predicted octanol–water partition coefficient (Wildman–Crippen LogP) is 2.07. The Bertz CT molecular complexity index is 1320. The molecule has 3 N–H and O–H groups in total. The molecule has 0 bridgehead atoms. The Morgan fingerprint density at radius 1 is 1.17 bits per heavy atom. The maximum Gasteiger partial charge on any atom is 0.328 e. The highest BCUT2D eigenvalue weighted by molar-refractivity contribution is 14.1. The Morgan fingerprint density at radius 3 is 2.44 bits per heavy atom. The Kier molecular flexibility index (Phi) is 5.66. The third kappa shape index (κ3) is 2.93. The summed E-state index contributed by atoms with van der Waals surface area (Å²) in [7, 11) is 2.65. The van der Waals surface area contributed by atoms with Gasteiger partial charge in [0.05, 0.1) is 22.5 Å². The molecule has 2 aliphatic heterocycles. The number of urea groups is 1. The van der Waals surface area contributed by atoms with E-state index in [0.29, 0.717) is 19.6 Å². The van der Waals surface area contributed by atoms with Crippen molar-refractivity contribution in [2.75, 3.05) is 14.2 Å². The van der Waals surface area contributed by atoms with Crippen LogP contribution in [0.25, 0.3) is 0 Å². The molecule has 6 amide bonds. The second-order valence-corrected chi connectivity index (χ2v) is 11.8. The molecule has 1 aromatic rings. The number of methoxy groups -OCH3 is 1. The minimum atomic E-state index is -1.96. The topological polar surface area (TPSA) is 147 Å². The van der Waals surface area contributed by atoms with Gasteiger partial charge in [0.15, 0.2) is 21.2 Å². The molecule has 3 fully saturated rings. The highest BCUT2D eigenvalue weighted by atomic mass is 127. The quantitative estimate of drug-likeness (QED) is 0.216. The van der Waals surface area contributed by atoms with Crippen LogP contribution >= 0.6 is 45.8 Å². The van der Waals surface area contributed by atoms with Crippen molar-refractivity contribution in [1.29, 1.82) is 0 Å². The fraction of sp³-hybridized carbons (Fsp3) is 0.435. The summed E-state index contributed by atoms with van der Waals surface area (Å²) in [4.78, 5) is 62.3. The van der Waals surface area contributed by atoms with Gasteiger partial charge in [-0.25, -0.2) is 4.79 Å². The summed E-state index contributed by atoms with van der Waals surface area (Å²) in [5, 5.41) is 10.4. The van der Waals surface area contributed by atoms with Gasteiger partial charge < -0.3 is 15.6 Å². The molecule has 1 aromatic carbocycles. The number of imide groups is 4. The Hall–Kier alpha value is -2.38. The van der Waals surface area contributed by atoms with Gasteiger partial charge in [0, 0.05) is 13.0 Å². The van der Waals surface area contributed by atoms with E-state index in [1.165, 1.54) is 20.2 Å². The van der Waals surface area contributed by atoms with Crippen LogP contribution in [0.4, 0.5) is 4.79 Å². The molecule has 4 aliphatic rings. The number of fused-ring (bicyclic) bond motifs is 4. The molecular weight excluding hydrogens is 628 g/mol. The van der Waals surface area contributed by atoms with Crippen molar-refractivity contribution in [3.05, 3.63) is 32.9 Å². The third-order valence-electron chi connectivity index (χ3n) is 7.84. The summed E-state index contributed by atoms with van der Waals surface area (Å²) >= 11 is 16.0. The van der Waals surface area contributed by atoms with Gasteiger partial charge in [-0.05, 0) is 59.0 Å². The maximum atomic E-state index is 13.5. The van der Waals surface area contributed by atoms with Gasteiger partial charge in [0.25, 0.3) is 11.8 Å². The van der Waals surface area contributed by atoms with E-state index in [1.807, 2.05) is 22.6 Å². The first-order chi connectivity index (χ1) is 16.8. The Balaban J connectivity index is 1.76. The van der Waals surface area contributed by atoms with E-state index in [1.54, 1.807) is 12.1 Å². The number of carbonyl (C=O) groups is 5. The van der Waals surface area contributed by atoms with E-state index in [2.05, 4.69) is 0 Å². The van der Waals surface area contributed by atoms with Crippen molar-refractivity contribution in [1.82, 2.24) is 9.80 Å². The van der Waals surface area contributed by atoms with E-state index in [9.17, 15) is 29.1 Å². The number of aromatic hydroxyl groups is 1. The number of likely N-dealkylation sites (tertiary alicyclic amines) is 2. The number of ether oxygens (including phenoxy) is 1. The van der Waals surface area contributed by atoms with Crippen molar-refractivity contribution in [2.24, 2.45) is 23.5 Å². The van der Waals surface area contributed by atoms with Crippen LogP contribution in [0, 0.1) is 21.3 Å².